The summed E-state index contributed by atoms with van der Waals surface area (Å²) >= 11 is 0. The van der Waals surface area contributed by atoms with E-state index in [0.29, 0.717) is 17.5 Å². The Morgan fingerprint density at radius 3 is 1.46 bits per heavy atom. The number of benzene rings is 10. The van der Waals surface area contributed by atoms with Gasteiger partial charge in [0, 0.05) is 27.5 Å². The van der Waals surface area contributed by atoms with E-state index in [2.05, 4.69) is 188 Å². The average Bonchev–Trinajstić information content (AvgIpc) is 3.65. The van der Waals surface area contributed by atoms with Crippen molar-refractivity contribution in [2.45, 2.75) is 0 Å². The standard InChI is InChI=1S/C53H31N3O/c1-3-14-34-28-38(26-24-32(34)12-1)51-54-52(39-27-25-33-13-2-4-15-35(33)29-39)56-53(55-51)45-23-11-22-44-47-31-37-17-6-8-19-41(37)48(50(47)57-49(44)45)46-30-36-16-5-7-18-40(36)42-20-9-10-21-43(42)46/h1-31H. The molecule has 2 aromatic heterocycles. The first-order chi connectivity index (χ1) is 28.2. The molecule has 4 nitrogen and oxygen atoms in total. The smallest absolute Gasteiger partial charge is 0.167 e. The summed E-state index contributed by atoms with van der Waals surface area (Å²) in [6, 6.07) is 66.4. The molecule has 0 fully saturated rings. The van der Waals surface area contributed by atoms with Gasteiger partial charge < -0.3 is 4.42 Å². The minimum atomic E-state index is 0.559. The van der Waals surface area contributed by atoms with Crippen LogP contribution < -0.4 is 0 Å². The first kappa shape index (κ1) is 31.6. The minimum Gasteiger partial charge on any atom is -0.455 e. The van der Waals surface area contributed by atoms with E-state index in [1.165, 1.54) is 32.3 Å². The van der Waals surface area contributed by atoms with Crippen LogP contribution in [-0.2, 0) is 0 Å². The molecule has 0 radical (unpaired) electrons. The van der Waals surface area contributed by atoms with Crippen LogP contribution in [0.3, 0.4) is 0 Å². The predicted molar refractivity (Wildman–Crippen MR) is 236 cm³/mol. The van der Waals surface area contributed by atoms with Gasteiger partial charge in [-0.1, -0.05) is 158 Å². The summed E-state index contributed by atoms with van der Waals surface area (Å²) in [6.45, 7) is 0. The van der Waals surface area contributed by atoms with Crippen molar-refractivity contribution in [3.63, 3.8) is 0 Å². The third-order valence-corrected chi connectivity index (χ3v) is 11.4. The first-order valence-corrected chi connectivity index (χ1v) is 19.3. The second-order valence-corrected chi connectivity index (χ2v) is 14.8. The zero-order chi connectivity index (χ0) is 37.5. The van der Waals surface area contributed by atoms with Crippen LogP contribution in [0.25, 0.3) is 121 Å². The molecule has 0 amide bonds. The molecule has 4 heteroatoms. The molecule has 0 spiro atoms. The summed E-state index contributed by atoms with van der Waals surface area (Å²) in [5.41, 5.74) is 6.47. The van der Waals surface area contributed by atoms with E-state index in [4.69, 9.17) is 19.4 Å². The molecule has 0 N–H and O–H groups in total. The third kappa shape index (κ3) is 5.04. The molecule has 0 saturated carbocycles. The number of nitrogens with zero attached hydrogens (tertiary/aromatic N) is 3. The molecule has 0 bridgehead atoms. The van der Waals surface area contributed by atoms with Crippen LogP contribution in [0.15, 0.2) is 192 Å². The van der Waals surface area contributed by atoms with Crippen LogP contribution in [0.4, 0.5) is 0 Å². The van der Waals surface area contributed by atoms with Crippen LogP contribution in [-0.4, -0.2) is 15.0 Å². The summed E-state index contributed by atoms with van der Waals surface area (Å²) in [5, 5.41) is 13.8. The molecule has 2 heterocycles. The lowest BCUT2D eigenvalue weighted by Crippen LogP contribution is -2.00. The number of hydrogen-bond acceptors (Lipinski definition) is 4. The van der Waals surface area contributed by atoms with Gasteiger partial charge in [-0.05, 0) is 89.8 Å². The Labute approximate surface area is 327 Å². The Hall–Kier alpha value is -7.69. The quantitative estimate of drug-likeness (QED) is 0.170. The van der Waals surface area contributed by atoms with Gasteiger partial charge >= 0.3 is 0 Å². The Balaban J connectivity index is 1.14. The van der Waals surface area contributed by atoms with E-state index in [1.807, 2.05) is 0 Å². The number of aromatic nitrogens is 3. The lowest BCUT2D eigenvalue weighted by atomic mass is 9.89. The van der Waals surface area contributed by atoms with E-state index < -0.39 is 0 Å². The normalized spacial score (nSPS) is 11.9. The van der Waals surface area contributed by atoms with Gasteiger partial charge in [0.05, 0.1) is 5.56 Å². The van der Waals surface area contributed by atoms with E-state index in [9.17, 15) is 0 Å². The van der Waals surface area contributed by atoms with Crippen LogP contribution in [0.5, 0.6) is 0 Å². The zero-order valence-electron chi connectivity index (χ0n) is 30.6. The van der Waals surface area contributed by atoms with Gasteiger partial charge in [-0.2, -0.15) is 0 Å². The van der Waals surface area contributed by atoms with Gasteiger partial charge in [-0.3, -0.25) is 0 Å². The van der Waals surface area contributed by atoms with Crippen molar-refractivity contribution in [3.8, 4) is 45.3 Å². The number of para-hydroxylation sites is 1. The molecule has 57 heavy (non-hydrogen) atoms. The highest BCUT2D eigenvalue weighted by molar-refractivity contribution is 6.24. The van der Waals surface area contributed by atoms with E-state index in [0.717, 1.165) is 71.3 Å². The van der Waals surface area contributed by atoms with Gasteiger partial charge in [0.2, 0.25) is 0 Å². The fourth-order valence-electron chi connectivity index (χ4n) is 8.71. The van der Waals surface area contributed by atoms with Crippen LogP contribution in [0.1, 0.15) is 0 Å². The predicted octanol–water partition coefficient (Wildman–Crippen LogP) is 14.2. The maximum atomic E-state index is 7.20. The van der Waals surface area contributed by atoms with Crippen LogP contribution in [0, 0.1) is 0 Å². The van der Waals surface area contributed by atoms with E-state index in [1.54, 1.807) is 0 Å². The third-order valence-electron chi connectivity index (χ3n) is 11.4. The van der Waals surface area contributed by atoms with Crippen molar-refractivity contribution in [3.05, 3.63) is 188 Å². The highest BCUT2D eigenvalue weighted by atomic mass is 16.3. The fourth-order valence-corrected chi connectivity index (χ4v) is 8.71. The van der Waals surface area contributed by atoms with Gasteiger partial charge in [0.25, 0.3) is 0 Å². The van der Waals surface area contributed by atoms with E-state index in [-0.39, 0.29) is 0 Å². The maximum Gasteiger partial charge on any atom is 0.167 e. The van der Waals surface area contributed by atoms with Gasteiger partial charge in [-0.25, -0.2) is 15.0 Å². The van der Waals surface area contributed by atoms with Crippen molar-refractivity contribution < 1.29 is 4.42 Å². The lowest BCUT2D eigenvalue weighted by Gasteiger charge is -2.14. The molecule has 264 valence electrons. The Kier molecular flexibility index (Phi) is 6.89. The number of hydrogen-bond donors (Lipinski definition) is 0. The Morgan fingerprint density at radius 2 is 0.789 bits per heavy atom. The van der Waals surface area contributed by atoms with Crippen LogP contribution >= 0.6 is 0 Å². The topological polar surface area (TPSA) is 51.8 Å². The van der Waals surface area contributed by atoms with Gasteiger partial charge in [-0.15, -0.1) is 0 Å². The summed E-state index contributed by atoms with van der Waals surface area (Å²) < 4.78 is 7.20. The first-order valence-electron chi connectivity index (χ1n) is 19.3. The van der Waals surface area contributed by atoms with Crippen molar-refractivity contribution in [1.82, 2.24) is 15.0 Å². The maximum absolute atomic E-state index is 7.20. The molecule has 0 aliphatic carbocycles. The van der Waals surface area contributed by atoms with Gasteiger partial charge in [0.1, 0.15) is 11.2 Å². The van der Waals surface area contributed by atoms with Crippen LogP contribution in [0.2, 0.25) is 0 Å². The Bertz CT molecular complexity index is 3500. The SMILES string of the molecule is c1ccc2cc(-c3nc(-c4ccc5ccccc5c4)nc(-c4cccc5c4oc4c(-c6cc7ccccc7c7ccccc67)c6ccccc6cc45)n3)ccc2c1. The molecular formula is C53H31N3O. The molecule has 0 unspecified atom stereocenters. The van der Waals surface area contributed by atoms with Gasteiger partial charge in [0.15, 0.2) is 17.5 Å². The molecule has 0 atom stereocenters. The Morgan fingerprint density at radius 1 is 0.281 bits per heavy atom. The summed E-state index contributed by atoms with van der Waals surface area (Å²) in [7, 11) is 0. The molecular weight excluding hydrogens is 695 g/mol. The second kappa shape index (κ2) is 12.4. The van der Waals surface area contributed by atoms with Crippen molar-refractivity contribution in [1.29, 1.82) is 0 Å². The molecule has 0 aliphatic rings. The summed E-state index contributed by atoms with van der Waals surface area (Å²) in [6.07, 6.45) is 0. The molecule has 0 aliphatic heterocycles. The monoisotopic (exact) mass is 725 g/mol. The zero-order valence-corrected chi connectivity index (χ0v) is 30.6. The highest BCUT2D eigenvalue weighted by Crippen LogP contribution is 2.46. The number of furan rings is 1. The van der Waals surface area contributed by atoms with Crippen molar-refractivity contribution in [2.75, 3.05) is 0 Å². The van der Waals surface area contributed by atoms with Crippen molar-refractivity contribution >= 4 is 75.8 Å². The number of rotatable bonds is 4. The summed E-state index contributed by atoms with van der Waals surface area (Å²) in [4.78, 5) is 15.6. The molecule has 12 rings (SSSR count). The minimum absolute atomic E-state index is 0.559. The van der Waals surface area contributed by atoms with E-state index >= 15 is 0 Å². The second-order valence-electron chi connectivity index (χ2n) is 14.8. The largest absolute Gasteiger partial charge is 0.455 e. The van der Waals surface area contributed by atoms with Crippen molar-refractivity contribution in [2.24, 2.45) is 0 Å². The molecule has 0 saturated heterocycles. The highest BCUT2D eigenvalue weighted by Gasteiger charge is 2.22. The average molecular weight is 726 g/mol. The molecule has 12 aromatic rings. The summed E-state index contributed by atoms with van der Waals surface area (Å²) in [5.74, 6) is 1.77. The molecule has 10 aromatic carbocycles. The number of fused-ring (bicyclic) bond motifs is 9. The lowest BCUT2D eigenvalue weighted by molar-refractivity contribution is 0.671. The fraction of sp³-hybridized carbons (Fsp3) is 0.